The molecule has 2 aromatic heterocycles. The van der Waals surface area contributed by atoms with Gasteiger partial charge in [-0.1, -0.05) is 0 Å². The van der Waals surface area contributed by atoms with Crippen molar-refractivity contribution in [3.05, 3.63) is 40.9 Å². The van der Waals surface area contributed by atoms with Crippen molar-refractivity contribution in [2.45, 2.75) is 27.2 Å². The molecule has 2 rings (SSSR count). The Morgan fingerprint density at radius 1 is 1.39 bits per heavy atom. The number of carbonyl (C=O) groups is 1. The molecule has 0 atom stereocenters. The van der Waals surface area contributed by atoms with Crippen molar-refractivity contribution < 1.29 is 9.21 Å². The lowest BCUT2D eigenvalue weighted by atomic mass is 10.1. The number of hydrogen-bond donors (Lipinski definition) is 2. The second-order valence-corrected chi connectivity index (χ2v) is 4.26. The van der Waals surface area contributed by atoms with Gasteiger partial charge in [0.2, 0.25) is 0 Å². The molecule has 2 aromatic rings. The molecular weight excluding hydrogens is 230 g/mol. The van der Waals surface area contributed by atoms with Gasteiger partial charge < -0.3 is 14.7 Å². The molecule has 0 aliphatic carbocycles. The van der Waals surface area contributed by atoms with Gasteiger partial charge in [-0.25, -0.2) is 4.98 Å². The Labute approximate surface area is 106 Å². The predicted molar refractivity (Wildman–Crippen MR) is 67.5 cm³/mol. The van der Waals surface area contributed by atoms with Crippen LogP contribution in [0.1, 0.15) is 33.3 Å². The highest BCUT2D eigenvalue weighted by molar-refractivity contribution is 5.96. The second kappa shape index (κ2) is 5.08. The lowest BCUT2D eigenvalue weighted by Crippen LogP contribution is -2.26. The van der Waals surface area contributed by atoms with E-state index in [1.54, 1.807) is 19.3 Å². The van der Waals surface area contributed by atoms with E-state index in [4.69, 9.17) is 4.42 Å². The average Bonchev–Trinajstić information content (AvgIpc) is 2.89. The Kier molecular flexibility index (Phi) is 3.50. The smallest absolute Gasteiger partial charge is 0.255 e. The molecule has 18 heavy (non-hydrogen) atoms. The maximum absolute atomic E-state index is 12.0. The number of hydrogen-bond acceptors (Lipinski definition) is 3. The molecule has 0 aliphatic heterocycles. The molecule has 1 amide bonds. The van der Waals surface area contributed by atoms with E-state index in [1.807, 2.05) is 13.8 Å². The van der Waals surface area contributed by atoms with Crippen LogP contribution in [0.4, 0.5) is 0 Å². The molecule has 0 aliphatic rings. The molecular formula is C13H17N3O2. The predicted octanol–water partition coefficient (Wildman–Crippen LogP) is 1.90. The number of H-pyrrole nitrogens is 1. The number of imidazole rings is 1. The van der Waals surface area contributed by atoms with Crippen molar-refractivity contribution in [3.63, 3.8) is 0 Å². The third-order valence-electron chi connectivity index (χ3n) is 2.99. The fraction of sp³-hybridized carbons (Fsp3) is 0.385. The lowest BCUT2D eigenvalue weighted by molar-refractivity contribution is 0.0952. The van der Waals surface area contributed by atoms with Gasteiger partial charge in [0, 0.05) is 30.9 Å². The first-order chi connectivity index (χ1) is 8.59. The van der Waals surface area contributed by atoms with E-state index in [-0.39, 0.29) is 5.91 Å². The zero-order valence-electron chi connectivity index (χ0n) is 10.8. The maximum atomic E-state index is 12.0. The minimum atomic E-state index is -0.0894. The van der Waals surface area contributed by atoms with Gasteiger partial charge >= 0.3 is 0 Å². The van der Waals surface area contributed by atoms with E-state index in [2.05, 4.69) is 15.3 Å². The van der Waals surface area contributed by atoms with Crippen molar-refractivity contribution >= 4 is 5.91 Å². The highest BCUT2D eigenvalue weighted by Crippen LogP contribution is 2.20. The second-order valence-electron chi connectivity index (χ2n) is 4.26. The van der Waals surface area contributed by atoms with Gasteiger partial charge in [0.15, 0.2) is 0 Å². The summed E-state index contributed by atoms with van der Waals surface area (Å²) in [5, 5.41) is 2.87. The minimum absolute atomic E-state index is 0.0894. The summed E-state index contributed by atoms with van der Waals surface area (Å²) >= 11 is 0. The zero-order valence-corrected chi connectivity index (χ0v) is 10.8. The summed E-state index contributed by atoms with van der Waals surface area (Å²) in [6.45, 7) is 6.12. The van der Waals surface area contributed by atoms with Crippen LogP contribution in [0.5, 0.6) is 0 Å². The third-order valence-corrected chi connectivity index (χ3v) is 2.99. The van der Waals surface area contributed by atoms with Gasteiger partial charge in [0.1, 0.15) is 17.3 Å². The van der Waals surface area contributed by atoms with E-state index in [0.717, 1.165) is 17.1 Å². The molecule has 0 saturated heterocycles. The van der Waals surface area contributed by atoms with Crippen LogP contribution in [0.3, 0.4) is 0 Å². The summed E-state index contributed by atoms with van der Waals surface area (Å²) in [5.41, 5.74) is 1.55. The molecule has 2 heterocycles. The quantitative estimate of drug-likeness (QED) is 0.866. The van der Waals surface area contributed by atoms with Crippen molar-refractivity contribution in [2.24, 2.45) is 0 Å². The SMILES string of the molecule is Cc1oc(C)c(C(=O)NCCc2ncc[nH]2)c1C. The highest BCUT2D eigenvalue weighted by Gasteiger charge is 2.17. The van der Waals surface area contributed by atoms with Gasteiger partial charge in [0.05, 0.1) is 5.56 Å². The summed E-state index contributed by atoms with van der Waals surface area (Å²) in [6.07, 6.45) is 4.16. The highest BCUT2D eigenvalue weighted by atomic mass is 16.3. The number of furan rings is 1. The summed E-state index contributed by atoms with van der Waals surface area (Å²) in [4.78, 5) is 19.1. The molecule has 0 aromatic carbocycles. The first-order valence-corrected chi connectivity index (χ1v) is 5.92. The van der Waals surface area contributed by atoms with Crippen molar-refractivity contribution in [2.75, 3.05) is 6.54 Å². The Bertz CT molecular complexity index is 541. The van der Waals surface area contributed by atoms with Crippen LogP contribution < -0.4 is 5.32 Å². The topological polar surface area (TPSA) is 70.9 Å². The van der Waals surface area contributed by atoms with Crippen LogP contribution in [0.15, 0.2) is 16.8 Å². The van der Waals surface area contributed by atoms with Gasteiger partial charge in [-0.05, 0) is 20.8 Å². The molecule has 0 radical (unpaired) electrons. The van der Waals surface area contributed by atoms with Crippen molar-refractivity contribution in [1.29, 1.82) is 0 Å². The van der Waals surface area contributed by atoms with E-state index in [0.29, 0.717) is 24.3 Å². The summed E-state index contributed by atoms with van der Waals surface area (Å²) in [7, 11) is 0. The van der Waals surface area contributed by atoms with Crippen molar-refractivity contribution in [3.8, 4) is 0 Å². The van der Waals surface area contributed by atoms with Gasteiger partial charge in [-0.15, -0.1) is 0 Å². The number of nitrogens with one attached hydrogen (secondary N) is 2. The molecule has 0 fully saturated rings. The number of aryl methyl sites for hydroxylation is 2. The lowest BCUT2D eigenvalue weighted by Gasteiger charge is -2.04. The average molecular weight is 247 g/mol. The molecule has 2 N–H and O–H groups in total. The molecule has 0 saturated carbocycles. The number of nitrogens with zero attached hydrogens (tertiary/aromatic N) is 1. The largest absolute Gasteiger partial charge is 0.466 e. The molecule has 0 spiro atoms. The monoisotopic (exact) mass is 247 g/mol. The van der Waals surface area contributed by atoms with E-state index < -0.39 is 0 Å². The maximum Gasteiger partial charge on any atom is 0.255 e. The summed E-state index contributed by atoms with van der Waals surface area (Å²) < 4.78 is 5.44. The fourth-order valence-corrected chi connectivity index (χ4v) is 1.94. The Balaban J connectivity index is 1.95. The number of rotatable bonds is 4. The van der Waals surface area contributed by atoms with Gasteiger partial charge in [-0.3, -0.25) is 4.79 Å². The van der Waals surface area contributed by atoms with Crippen molar-refractivity contribution in [1.82, 2.24) is 15.3 Å². The minimum Gasteiger partial charge on any atom is -0.466 e. The standard InChI is InChI=1S/C13H17N3O2/c1-8-9(2)18-10(3)12(8)13(17)16-5-4-11-14-6-7-15-11/h6-7H,4-5H2,1-3H3,(H,14,15)(H,16,17). The van der Waals surface area contributed by atoms with E-state index in [9.17, 15) is 4.79 Å². The molecule has 0 bridgehead atoms. The number of aromatic amines is 1. The van der Waals surface area contributed by atoms with Crippen LogP contribution >= 0.6 is 0 Å². The molecule has 5 heteroatoms. The summed E-state index contributed by atoms with van der Waals surface area (Å²) in [6, 6.07) is 0. The van der Waals surface area contributed by atoms with Gasteiger partial charge in [-0.2, -0.15) is 0 Å². The summed E-state index contributed by atoms with van der Waals surface area (Å²) in [5.74, 6) is 2.24. The van der Waals surface area contributed by atoms with Crippen LogP contribution in [-0.2, 0) is 6.42 Å². The Hall–Kier alpha value is -2.04. The number of aromatic nitrogens is 2. The number of amides is 1. The van der Waals surface area contributed by atoms with Crippen LogP contribution in [0.2, 0.25) is 0 Å². The van der Waals surface area contributed by atoms with E-state index >= 15 is 0 Å². The molecule has 5 nitrogen and oxygen atoms in total. The van der Waals surface area contributed by atoms with Crippen LogP contribution in [0, 0.1) is 20.8 Å². The first kappa shape index (κ1) is 12.4. The Morgan fingerprint density at radius 3 is 2.72 bits per heavy atom. The molecule has 96 valence electrons. The first-order valence-electron chi connectivity index (χ1n) is 5.92. The molecule has 0 unspecified atom stereocenters. The Morgan fingerprint density at radius 2 is 2.17 bits per heavy atom. The fourth-order valence-electron chi connectivity index (χ4n) is 1.94. The van der Waals surface area contributed by atoms with Crippen LogP contribution in [0.25, 0.3) is 0 Å². The van der Waals surface area contributed by atoms with E-state index in [1.165, 1.54) is 0 Å². The zero-order chi connectivity index (χ0) is 13.1. The van der Waals surface area contributed by atoms with Crippen LogP contribution in [-0.4, -0.2) is 22.4 Å². The van der Waals surface area contributed by atoms with Gasteiger partial charge in [0.25, 0.3) is 5.91 Å². The third kappa shape index (κ3) is 2.45. The normalized spacial score (nSPS) is 10.6. The number of carbonyl (C=O) groups excluding carboxylic acids is 1.